The van der Waals surface area contributed by atoms with Crippen molar-refractivity contribution >= 4 is 11.6 Å². The molecule has 1 aromatic rings. The van der Waals surface area contributed by atoms with Crippen LogP contribution in [0.5, 0.6) is 0 Å². The molecule has 0 saturated carbocycles. The molecule has 7 heteroatoms. The number of aromatic nitrogens is 2. The van der Waals surface area contributed by atoms with Gasteiger partial charge in [0.1, 0.15) is 12.1 Å². The average Bonchev–Trinajstić information content (AvgIpc) is 2.39. The molecule has 1 aromatic heterocycles. The van der Waals surface area contributed by atoms with Gasteiger partial charge in [-0.1, -0.05) is 0 Å². The van der Waals surface area contributed by atoms with Crippen molar-refractivity contribution in [3.05, 3.63) is 27.0 Å². The van der Waals surface area contributed by atoms with Gasteiger partial charge in [0.05, 0.1) is 6.07 Å². The van der Waals surface area contributed by atoms with Gasteiger partial charge in [-0.2, -0.15) is 5.26 Å². The molecule has 1 heterocycles. The average molecular weight is 264 g/mol. The second-order valence-electron chi connectivity index (χ2n) is 3.92. The van der Waals surface area contributed by atoms with E-state index < -0.39 is 17.2 Å². The second kappa shape index (κ2) is 6.00. The van der Waals surface area contributed by atoms with E-state index in [2.05, 4.69) is 0 Å². The molecule has 0 N–H and O–H groups in total. The molecule has 19 heavy (non-hydrogen) atoms. The summed E-state index contributed by atoms with van der Waals surface area (Å²) in [4.78, 5) is 36.8. The van der Waals surface area contributed by atoms with E-state index in [1.807, 2.05) is 0 Å². The van der Waals surface area contributed by atoms with Crippen molar-refractivity contribution in [1.82, 2.24) is 9.13 Å². The van der Waals surface area contributed by atoms with Gasteiger partial charge in [-0.25, -0.2) is 4.79 Å². The number of aryl methyl sites for hydroxylation is 1. The first kappa shape index (κ1) is 14.7. The third-order valence-electron chi connectivity index (χ3n) is 2.84. The molecule has 1 amide bonds. The number of nitrogens with zero attached hydrogens (tertiary/aromatic N) is 4. The van der Waals surface area contributed by atoms with E-state index in [-0.39, 0.29) is 18.7 Å². The van der Waals surface area contributed by atoms with Crippen LogP contribution in [0.4, 0.5) is 5.69 Å². The van der Waals surface area contributed by atoms with E-state index in [1.165, 1.54) is 17.8 Å². The Kier molecular flexibility index (Phi) is 4.64. The van der Waals surface area contributed by atoms with Gasteiger partial charge in [0.25, 0.3) is 5.56 Å². The van der Waals surface area contributed by atoms with Crippen LogP contribution >= 0.6 is 0 Å². The lowest BCUT2D eigenvalue weighted by atomic mass is 10.3. The Balaban J connectivity index is 3.45. The summed E-state index contributed by atoms with van der Waals surface area (Å²) in [6.45, 7) is 4.08. The first-order valence-corrected chi connectivity index (χ1v) is 5.95. The molecule has 0 fully saturated rings. The summed E-state index contributed by atoms with van der Waals surface area (Å²) in [6, 6.07) is 1.74. The highest BCUT2D eigenvalue weighted by Gasteiger charge is 2.17. The monoisotopic (exact) mass is 264 g/mol. The van der Waals surface area contributed by atoms with Crippen LogP contribution in [0.1, 0.15) is 20.3 Å². The van der Waals surface area contributed by atoms with Crippen LogP contribution in [0.15, 0.2) is 15.8 Å². The van der Waals surface area contributed by atoms with E-state index in [1.54, 1.807) is 19.9 Å². The standard InChI is InChI=1S/C12H16N4O3/c1-4-15-8-9(14(3)10(17)6-7-13)11(18)16(5-2)12(15)19/h8H,4-6H2,1-3H3. The van der Waals surface area contributed by atoms with Crippen LogP contribution in [0.3, 0.4) is 0 Å². The van der Waals surface area contributed by atoms with Crippen LogP contribution in [0, 0.1) is 11.3 Å². The van der Waals surface area contributed by atoms with Crippen molar-refractivity contribution in [3.63, 3.8) is 0 Å². The molecule has 0 bridgehead atoms. The molecule has 102 valence electrons. The van der Waals surface area contributed by atoms with E-state index in [4.69, 9.17) is 5.26 Å². The zero-order chi connectivity index (χ0) is 14.6. The number of carbonyl (C=O) groups is 1. The predicted molar refractivity (Wildman–Crippen MR) is 70.0 cm³/mol. The normalized spacial score (nSPS) is 10.0. The molecule has 0 aliphatic carbocycles. The summed E-state index contributed by atoms with van der Waals surface area (Å²) in [7, 11) is 1.42. The fourth-order valence-corrected chi connectivity index (χ4v) is 1.69. The molecule has 7 nitrogen and oxygen atoms in total. The summed E-state index contributed by atoms with van der Waals surface area (Å²) >= 11 is 0. The largest absolute Gasteiger partial charge is 0.331 e. The summed E-state index contributed by atoms with van der Waals surface area (Å²) in [6.07, 6.45) is 1.04. The minimum atomic E-state index is -0.522. The molecule has 1 rings (SSSR count). The molecular formula is C12H16N4O3. The fourth-order valence-electron chi connectivity index (χ4n) is 1.69. The summed E-state index contributed by atoms with van der Waals surface area (Å²) < 4.78 is 2.42. The Morgan fingerprint density at radius 3 is 2.47 bits per heavy atom. The number of anilines is 1. The first-order valence-electron chi connectivity index (χ1n) is 5.95. The highest BCUT2D eigenvalue weighted by molar-refractivity contribution is 5.93. The van der Waals surface area contributed by atoms with Gasteiger partial charge in [-0.05, 0) is 13.8 Å². The van der Waals surface area contributed by atoms with Gasteiger partial charge in [0.15, 0.2) is 0 Å². The Morgan fingerprint density at radius 1 is 1.37 bits per heavy atom. The molecule has 0 spiro atoms. The van der Waals surface area contributed by atoms with Crippen molar-refractivity contribution < 1.29 is 4.79 Å². The highest BCUT2D eigenvalue weighted by Crippen LogP contribution is 2.05. The molecule has 0 aliphatic heterocycles. The number of nitriles is 1. The van der Waals surface area contributed by atoms with Crippen LogP contribution in [-0.4, -0.2) is 22.1 Å². The van der Waals surface area contributed by atoms with E-state index in [9.17, 15) is 14.4 Å². The van der Waals surface area contributed by atoms with Crippen LogP contribution in [-0.2, 0) is 17.9 Å². The summed E-state index contributed by atoms with van der Waals surface area (Å²) in [5, 5.41) is 8.51. The van der Waals surface area contributed by atoms with Gasteiger partial charge < -0.3 is 4.90 Å². The Morgan fingerprint density at radius 2 is 2.00 bits per heavy atom. The van der Waals surface area contributed by atoms with E-state index in [0.29, 0.717) is 6.54 Å². The lowest BCUT2D eigenvalue weighted by Gasteiger charge is -2.18. The fraction of sp³-hybridized carbons (Fsp3) is 0.500. The Hall–Kier alpha value is -2.36. The number of rotatable bonds is 4. The topological polar surface area (TPSA) is 88.1 Å². The number of hydrogen-bond acceptors (Lipinski definition) is 4. The summed E-state index contributed by atoms with van der Waals surface area (Å²) in [5.41, 5.74) is -0.825. The van der Waals surface area contributed by atoms with Gasteiger partial charge in [-0.3, -0.25) is 18.7 Å². The molecule has 0 radical (unpaired) electrons. The van der Waals surface area contributed by atoms with Crippen molar-refractivity contribution in [2.75, 3.05) is 11.9 Å². The van der Waals surface area contributed by atoms with Crippen molar-refractivity contribution in [2.45, 2.75) is 33.4 Å². The third kappa shape index (κ3) is 2.73. The summed E-state index contributed by atoms with van der Waals surface area (Å²) in [5.74, 6) is -0.483. The number of carbonyl (C=O) groups excluding carboxylic acids is 1. The van der Waals surface area contributed by atoms with Crippen molar-refractivity contribution in [2.24, 2.45) is 0 Å². The number of hydrogen-bond donors (Lipinski definition) is 0. The minimum Gasteiger partial charge on any atom is -0.309 e. The Bertz CT molecular complexity index is 636. The first-order chi connectivity index (χ1) is 8.97. The molecular weight excluding hydrogens is 248 g/mol. The van der Waals surface area contributed by atoms with Gasteiger partial charge in [0.2, 0.25) is 5.91 Å². The quantitative estimate of drug-likeness (QED) is 0.761. The maximum absolute atomic E-state index is 12.1. The third-order valence-corrected chi connectivity index (χ3v) is 2.84. The Labute approximate surface area is 110 Å². The van der Waals surface area contributed by atoms with Crippen LogP contribution < -0.4 is 16.1 Å². The molecule has 0 aliphatic rings. The molecule has 0 saturated heterocycles. The predicted octanol–water partition coefficient (Wildman–Crippen LogP) is -0.0737. The van der Waals surface area contributed by atoms with Gasteiger partial charge >= 0.3 is 5.69 Å². The van der Waals surface area contributed by atoms with Gasteiger partial charge in [0, 0.05) is 26.3 Å². The zero-order valence-corrected chi connectivity index (χ0v) is 11.2. The SMILES string of the molecule is CCn1cc(N(C)C(=O)CC#N)c(=O)n(CC)c1=O. The molecule has 0 unspecified atom stereocenters. The van der Waals surface area contributed by atoms with Crippen LogP contribution in [0.25, 0.3) is 0 Å². The van der Waals surface area contributed by atoms with E-state index >= 15 is 0 Å². The van der Waals surface area contributed by atoms with Gasteiger partial charge in [-0.15, -0.1) is 0 Å². The highest BCUT2D eigenvalue weighted by atomic mass is 16.2. The lowest BCUT2D eigenvalue weighted by molar-refractivity contribution is -0.117. The number of amides is 1. The maximum atomic E-state index is 12.1. The molecule has 0 aromatic carbocycles. The molecule has 0 atom stereocenters. The smallest absolute Gasteiger partial charge is 0.309 e. The van der Waals surface area contributed by atoms with Crippen molar-refractivity contribution in [1.29, 1.82) is 5.26 Å². The van der Waals surface area contributed by atoms with Crippen LogP contribution in [0.2, 0.25) is 0 Å². The van der Waals surface area contributed by atoms with E-state index in [0.717, 1.165) is 9.47 Å². The maximum Gasteiger partial charge on any atom is 0.331 e. The zero-order valence-electron chi connectivity index (χ0n) is 11.2. The lowest BCUT2D eigenvalue weighted by Crippen LogP contribution is -2.43. The second-order valence-corrected chi connectivity index (χ2v) is 3.92. The minimum absolute atomic E-state index is 0.101. The van der Waals surface area contributed by atoms with Crippen molar-refractivity contribution in [3.8, 4) is 6.07 Å².